The van der Waals surface area contributed by atoms with Crippen molar-refractivity contribution >= 4 is 46.3 Å². The molecule has 5 nitrogen and oxygen atoms in total. The standard InChI is InChI=1S/C22H22ClNO4S/c1-3-28-20(25)11-18(14-7-9-16(23)10-8-14)19-12-24(22(26)27)21-15(13-29-2)5-4-6-17(19)21/h4-10,12,18H,3,11,13H2,1-2H3,(H,26,27). The van der Waals surface area contributed by atoms with Crippen molar-refractivity contribution in [3.8, 4) is 0 Å². The Morgan fingerprint density at radius 3 is 2.55 bits per heavy atom. The van der Waals surface area contributed by atoms with Crippen LogP contribution in [0.2, 0.25) is 5.02 Å². The molecule has 1 aromatic heterocycles. The molecule has 1 heterocycles. The Morgan fingerprint density at radius 1 is 1.21 bits per heavy atom. The minimum atomic E-state index is -1.05. The first-order valence-electron chi connectivity index (χ1n) is 9.22. The third kappa shape index (κ3) is 4.60. The molecule has 0 amide bonds. The van der Waals surface area contributed by atoms with E-state index in [-0.39, 0.29) is 18.3 Å². The third-order valence-corrected chi connectivity index (χ3v) is 5.62. The van der Waals surface area contributed by atoms with Crippen molar-refractivity contribution in [3.05, 3.63) is 70.4 Å². The van der Waals surface area contributed by atoms with E-state index >= 15 is 0 Å². The molecule has 3 rings (SSSR count). The maximum atomic E-state index is 12.3. The molecule has 152 valence electrons. The van der Waals surface area contributed by atoms with Crippen LogP contribution in [0.5, 0.6) is 0 Å². The summed E-state index contributed by atoms with van der Waals surface area (Å²) in [6.07, 6.45) is 2.65. The van der Waals surface area contributed by atoms with Gasteiger partial charge in [0.25, 0.3) is 0 Å². The highest BCUT2D eigenvalue weighted by Gasteiger charge is 2.25. The first-order valence-corrected chi connectivity index (χ1v) is 11.0. The number of hydrogen-bond acceptors (Lipinski definition) is 4. The molecule has 0 spiro atoms. The minimum absolute atomic E-state index is 0.112. The topological polar surface area (TPSA) is 68.5 Å². The number of nitrogens with zero attached hydrogens (tertiary/aromatic N) is 1. The van der Waals surface area contributed by atoms with E-state index in [9.17, 15) is 14.7 Å². The number of carbonyl (C=O) groups excluding carboxylic acids is 1. The highest BCUT2D eigenvalue weighted by atomic mass is 35.5. The largest absolute Gasteiger partial charge is 0.466 e. The number of fused-ring (bicyclic) bond motifs is 1. The highest BCUT2D eigenvalue weighted by Crippen LogP contribution is 2.37. The molecule has 0 radical (unpaired) electrons. The number of esters is 1. The summed E-state index contributed by atoms with van der Waals surface area (Å²) in [6, 6.07) is 13.0. The summed E-state index contributed by atoms with van der Waals surface area (Å²) in [5, 5.41) is 11.2. The Morgan fingerprint density at radius 2 is 1.93 bits per heavy atom. The predicted octanol–water partition coefficient (Wildman–Crippen LogP) is 5.77. The average Bonchev–Trinajstić information content (AvgIpc) is 3.08. The van der Waals surface area contributed by atoms with E-state index in [0.717, 1.165) is 22.1 Å². The number of ether oxygens (including phenoxy) is 1. The molecule has 0 bridgehead atoms. The van der Waals surface area contributed by atoms with Gasteiger partial charge in [-0.25, -0.2) is 4.79 Å². The lowest BCUT2D eigenvalue weighted by Gasteiger charge is -2.17. The molecular formula is C22H22ClNO4S. The maximum Gasteiger partial charge on any atom is 0.416 e. The Kier molecular flexibility index (Phi) is 6.87. The van der Waals surface area contributed by atoms with Gasteiger partial charge in [-0.1, -0.05) is 41.9 Å². The van der Waals surface area contributed by atoms with Gasteiger partial charge in [-0.05, 0) is 42.0 Å². The van der Waals surface area contributed by atoms with Gasteiger partial charge in [-0.2, -0.15) is 11.8 Å². The fourth-order valence-corrected chi connectivity index (χ4v) is 4.24. The number of carboxylic acid groups (broad SMARTS) is 1. The molecule has 0 aliphatic carbocycles. The van der Waals surface area contributed by atoms with Crippen LogP contribution in [0.3, 0.4) is 0 Å². The first-order chi connectivity index (χ1) is 14.0. The Hall–Kier alpha value is -2.44. The van der Waals surface area contributed by atoms with Gasteiger partial charge in [0.2, 0.25) is 0 Å². The van der Waals surface area contributed by atoms with Gasteiger partial charge in [0.05, 0.1) is 18.5 Å². The lowest BCUT2D eigenvalue weighted by Crippen LogP contribution is -2.12. The zero-order valence-corrected chi connectivity index (χ0v) is 17.8. The van der Waals surface area contributed by atoms with Crippen LogP contribution in [0.15, 0.2) is 48.7 Å². The van der Waals surface area contributed by atoms with Crippen LogP contribution in [0, 0.1) is 0 Å². The molecular weight excluding hydrogens is 410 g/mol. The quantitative estimate of drug-likeness (QED) is 0.481. The zero-order valence-electron chi connectivity index (χ0n) is 16.2. The number of thioether (sulfide) groups is 1. The molecule has 0 saturated heterocycles. The third-order valence-electron chi connectivity index (χ3n) is 4.77. The van der Waals surface area contributed by atoms with Gasteiger partial charge in [-0.3, -0.25) is 9.36 Å². The summed E-state index contributed by atoms with van der Waals surface area (Å²) in [7, 11) is 0. The van der Waals surface area contributed by atoms with Crippen molar-refractivity contribution < 1.29 is 19.4 Å². The molecule has 29 heavy (non-hydrogen) atoms. The van der Waals surface area contributed by atoms with Crippen LogP contribution in [0.25, 0.3) is 10.9 Å². The van der Waals surface area contributed by atoms with Gasteiger partial charge < -0.3 is 9.84 Å². The van der Waals surface area contributed by atoms with Crippen molar-refractivity contribution in [1.82, 2.24) is 4.57 Å². The summed E-state index contributed by atoms with van der Waals surface area (Å²) in [5.74, 6) is 0.0141. The molecule has 7 heteroatoms. The van der Waals surface area contributed by atoms with E-state index in [2.05, 4.69) is 0 Å². The van der Waals surface area contributed by atoms with Crippen LogP contribution < -0.4 is 0 Å². The second-order valence-corrected chi connectivity index (χ2v) is 7.90. The van der Waals surface area contributed by atoms with E-state index < -0.39 is 6.09 Å². The Labute approximate surface area is 178 Å². The van der Waals surface area contributed by atoms with Crippen LogP contribution >= 0.6 is 23.4 Å². The van der Waals surface area contributed by atoms with Crippen LogP contribution in [0.1, 0.15) is 36.0 Å². The summed E-state index contributed by atoms with van der Waals surface area (Å²) < 4.78 is 6.43. The molecule has 2 aromatic carbocycles. The average molecular weight is 432 g/mol. The van der Waals surface area contributed by atoms with Crippen molar-refractivity contribution in [2.24, 2.45) is 0 Å². The van der Waals surface area contributed by atoms with Crippen molar-refractivity contribution in [2.45, 2.75) is 25.0 Å². The number of rotatable bonds is 7. The van der Waals surface area contributed by atoms with E-state index in [1.165, 1.54) is 4.57 Å². The van der Waals surface area contributed by atoms with Crippen LogP contribution in [0.4, 0.5) is 4.79 Å². The SMILES string of the molecule is CCOC(=O)CC(c1ccc(Cl)cc1)c1cn(C(=O)O)c2c(CSC)cccc12. The fourth-order valence-electron chi connectivity index (χ4n) is 3.57. The van der Waals surface area contributed by atoms with Gasteiger partial charge in [0.15, 0.2) is 0 Å². The monoisotopic (exact) mass is 431 g/mol. The summed E-state index contributed by atoms with van der Waals surface area (Å²) in [5.41, 5.74) is 3.25. The number of carbonyl (C=O) groups is 2. The Balaban J connectivity index is 2.21. The van der Waals surface area contributed by atoms with Gasteiger partial charge in [0, 0.05) is 28.3 Å². The van der Waals surface area contributed by atoms with Gasteiger partial charge in [-0.15, -0.1) is 0 Å². The molecule has 3 aromatic rings. The van der Waals surface area contributed by atoms with Crippen molar-refractivity contribution in [1.29, 1.82) is 0 Å². The first kappa shape index (κ1) is 21.3. The fraction of sp³-hybridized carbons (Fsp3) is 0.273. The van der Waals surface area contributed by atoms with Crippen molar-refractivity contribution in [2.75, 3.05) is 12.9 Å². The summed E-state index contributed by atoms with van der Waals surface area (Å²) in [6.45, 7) is 2.06. The maximum absolute atomic E-state index is 12.3. The number of para-hydroxylation sites is 1. The molecule has 0 aliphatic heterocycles. The summed E-state index contributed by atoms with van der Waals surface area (Å²) >= 11 is 7.67. The van der Waals surface area contributed by atoms with E-state index in [0.29, 0.717) is 22.9 Å². The smallest absolute Gasteiger partial charge is 0.416 e. The molecule has 0 fully saturated rings. The van der Waals surface area contributed by atoms with E-state index in [1.807, 2.05) is 36.6 Å². The molecule has 1 N–H and O–H groups in total. The zero-order chi connectivity index (χ0) is 21.0. The van der Waals surface area contributed by atoms with Gasteiger partial charge in [0.1, 0.15) is 0 Å². The number of hydrogen-bond donors (Lipinski definition) is 1. The lowest BCUT2D eigenvalue weighted by molar-refractivity contribution is -0.143. The second kappa shape index (κ2) is 9.37. The summed E-state index contributed by atoms with van der Waals surface area (Å²) in [4.78, 5) is 24.3. The van der Waals surface area contributed by atoms with E-state index in [4.69, 9.17) is 16.3 Å². The van der Waals surface area contributed by atoms with Crippen LogP contribution in [-0.2, 0) is 15.3 Å². The predicted molar refractivity (Wildman–Crippen MR) is 117 cm³/mol. The Bertz CT molecular complexity index is 1030. The molecule has 1 unspecified atom stereocenters. The number of halogens is 1. The van der Waals surface area contributed by atoms with Crippen molar-refractivity contribution in [3.63, 3.8) is 0 Å². The minimum Gasteiger partial charge on any atom is -0.466 e. The number of aromatic nitrogens is 1. The molecule has 0 saturated carbocycles. The lowest BCUT2D eigenvalue weighted by atomic mass is 9.88. The normalized spacial score (nSPS) is 12.1. The molecule has 1 atom stereocenters. The molecule has 0 aliphatic rings. The van der Waals surface area contributed by atoms with E-state index in [1.54, 1.807) is 37.0 Å². The number of benzene rings is 2. The van der Waals surface area contributed by atoms with Gasteiger partial charge >= 0.3 is 12.1 Å². The van der Waals surface area contributed by atoms with Crippen LogP contribution in [-0.4, -0.2) is 34.6 Å². The second-order valence-electron chi connectivity index (χ2n) is 6.60. The highest BCUT2D eigenvalue weighted by molar-refractivity contribution is 7.97.